The van der Waals surface area contributed by atoms with Crippen molar-refractivity contribution in [2.45, 2.75) is 65.1 Å². The molecule has 10 nitrogen and oxygen atoms in total. The number of rotatable bonds is 12. The van der Waals surface area contributed by atoms with Crippen LogP contribution in [0.5, 0.6) is 0 Å². The molecule has 1 aliphatic carbocycles. The van der Waals surface area contributed by atoms with Crippen molar-refractivity contribution in [1.29, 1.82) is 0 Å². The Hall–Kier alpha value is -3.53. The molecule has 10 heteroatoms. The van der Waals surface area contributed by atoms with Gasteiger partial charge in [-0.1, -0.05) is 41.9 Å². The minimum atomic E-state index is -1.06. The van der Waals surface area contributed by atoms with E-state index < -0.39 is 41.3 Å². The summed E-state index contributed by atoms with van der Waals surface area (Å²) >= 11 is 0. The van der Waals surface area contributed by atoms with Gasteiger partial charge in [-0.05, 0) is 45.6 Å². The third kappa shape index (κ3) is 7.00. The summed E-state index contributed by atoms with van der Waals surface area (Å²) in [5, 5.41) is 11.6. The predicted octanol–water partition coefficient (Wildman–Crippen LogP) is 1.64. The molecule has 1 aromatic heterocycles. The van der Waals surface area contributed by atoms with Crippen LogP contribution < -0.4 is 16.0 Å². The molecule has 1 aromatic carbocycles. The molecule has 0 aliphatic heterocycles. The van der Waals surface area contributed by atoms with E-state index in [1.807, 2.05) is 38.1 Å². The summed E-state index contributed by atoms with van der Waals surface area (Å²) in [5.41, 5.74) is 1.64. The SMILES string of the molecule is COC[C@H](NC(=O)c1cc(C)on1)C(=O)N[C@@H](C)C(=O)N[C@@H](Cc1ccc(C)cc1)C(=O)C1(C)CC1. The smallest absolute Gasteiger partial charge is 0.274 e. The van der Waals surface area contributed by atoms with Gasteiger partial charge in [0.25, 0.3) is 5.91 Å². The number of benzene rings is 1. The van der Waals surface area contributed by atoms with E-state index >= 15 is 0 Å². The van der Waals surface area contributed by atoms with Gasteiger partial charge in [0.1, 0.15) is 17.8 Å². The molecule has 2 aromatic rings. The van der Waals surface area contributed by atoms with Crippen molar-refractivity contribution in [3.8, 4) is 0 Å². The van der Waals surface area contributed by atoms with Crippen LogP contribution in [-0.4, -0.2) is 60.5 Å². The molecule has 1 saturated carbocycles. The van der Waals surface area contributed by atoms with Gasteiger partial charge < -0.3 is 25.2 Å². The van der Waals surface area contributed by atoms with Gasteiger partial charge >= 0.3 is 0 Å². The van der Waals surface area contributed by atoms with Crippen LogP contribution in [0.4, 0.5) is 0 Å². The Labute approximate surface area is 210 Å². The number of nitrogens with zero attached hydrogens (tertiary/aromatic N) is 1. The lowest BCUT2D eigenvalue weighted by atomic mass is 9.92. The minimum Gasteiger partial charge on any atom is -0.382 e. The highest BCUT2D eigenvalue weighted by Crippen LogP contribution is 2.46. The van der Waals surface area contributed by atoms with Crippen LogP contribution in [0.25, 0.3) is 0 Å². The highest BCUT2D eigenvalue weighted by Gasteiger charge is 2.47. The Morgan fingerprint density at radius 2 is 1.69 bits per heavy atom. The number of Topliss-reactive ketones (excluding diaryl/α,β-unsaturated/α-hetero) is 1. The Kier molecular flexibility index (Phi) is 8.62. The van der Waals surface area contributed by atoms with Crippen LogP contribution in [0, 0.1) is 19.3 Å². The molecule has 1 heterocycles. The molecule has 0 unspecified atom stereocenters. The zero-order valence-corrected chi connectivity index (χ0v) is 21.3. The van der Waals surface area contributed by atoms with Gasteiger partial charge in [0.15, 0.2) is 11.5 Å². The van der Waals surface area contributed by atoms with Crippen molar-refractivity contribution in [2.24, 2.45) is 5.41 Å². The Balaban J connectivity index is 1.63. The molecular weight excluding hydrogens is 464 g/mol. The van der Waals surface area contributed by atoms with Gasteiger partial charge in [0, 0.05) is 18.6 Å². The fourth-order valence-corrected chi connectivity index (χ4v) is 3.76. The molecule has 3 N–H and O–H groups in total. The maximum atomic E-state index is 13.2. The van der Waals surface area contributed by atoms with Crippen LogP contribution in [0.1, 0.15) is 54.1 Å². The average Bonchev–Trinajstić information content (AvgIpc) is 3.44. The lowest BCUT2D eigenvalue weighted by Crippen LogP contribution is -2.56. The van der Waals surface area contributed by atoms with Crippen molar-refractivity contribution in [3.63, 3.8) is 0 Å². The maximum absolute atomic E-state index is 13.2. The second-order valence-corrected chi connectivity index (χ2v) is 9.71. The summed E-state index contributed by atoms with van der Waals surface area (Å²) in [7, 11) is 1.39. The van der Waals surface area contributed by atoms with E-state index in [4.69, 9.17) is 9.26 Å². The van der Waals surface area contributed by atoms with Crippen molar-refractivity contribution < 1.29 is 28.4 Å². The number of nitrogens with one attached hydrogen (secondary N) is 3. The summed E-state index contributed by atoms with van der Waals surface area (Å²) in [5.74, 6) is -1.27. The molecule has 0 saturated heterocycles. The number of aryl methyl sites for hydroxylation is 2. The van der Waals surface area contributed by atoms with Gasteiger partial charge in [-0.2, -0.15) is 0 Å². The van der Waals surface area contributed by atoms with Crippen LogP contribution in [0.3, 0.4) is 0 Å². The molecule has 3 amide bonds. The van der Waals surface area contributed by atoms with E-state index in [9.17, 15) is 19.2 Å². The molecule has 1 fully saturated rings. The monoisotopic (exact) mass is 498 g/mol. The molecule has 194 valence electrons. The number of methoxy groups -OCH3 is 1. The highest BCUT2D eigenvalue weighted by atomic mass is 16.5. The van der Waals surface area contributed by atoms with E-state index in [2.05, 4.69) is 21.1 Å². The van der Waals surface area contributed by atoms with E-state index in [0.29, 0.717) is 12.2 Å². The van der Waals surface area contributed by atoms with Crippen LogP contribution in [-0.2, 0) is 25.5 Å². The van der Waals surface area contributed by atoms with Gasteiger partial charge in [-0.15, -0.1) is 0 Å². The first-order valence-corrected chi connectivity index (χ1v) is 12.0. The zero-order chi connectivity index (χ0) is 26.5. The summed E-state index contributed by atoms with van der Waals surface area (Å²) in [4.78, 5) is 51.4. The molecule has 3 atom stereocenters. The third-order valence-corrected chi connectivity index (χ3v) is 6.36. The van der Waals surface area contributed by atoms with Crippen molar-refractivity contribution in [3.05, 3.63) is 52.9 Å². The van der Waals surface area contributed by atoms with Crippen LogP contribution in [0.15, 0.2) is 34.9 Å². The lowest BCUT2D eigenvalue weighted by Gasteiger charge is -2.24. The maximum Gasteiger partial charge on any atom is 0.274 e. The fourth-order valence-electron chi connectivity index (χ4n) is 3.76. The number of carbonyl (C=O) groups is 4. The second kappa shape index (κ2) is 11.5. The van der Waals surface area contributed by atoms with E-state index in [-0.39, 0.29) is 18.1 Å². The van der Waals surface area contributed by atoms with Crippen molar-refractivity contribution in [1.82, 2.24) is 21.1 Å². The number of ketones is 1. The largest absolute Gasteiger partial charge is 0.382 e. The number of hydrogen-bond donors (Lipinski definition) is 3. The van der Waals surface area contributed by atoms with Crippen molar-refractivity contribution >= 4 is 23.5 Å². The topological polar surface area (TPSA) is 140 Å². The molecule has 36 heavy (non-hydrogen) atoms. The molecule has 3 rings (SSSR count). The number of amides is 3. The third-order valence-electron chi connectivity index (χ3n) is 6.36. The molecule has 1 aliphatic rings. The molecule has 0 spiro atoms. The summed E-state index contributed by atoms with van der Waals surface area (Å²) < 4.78 is 9.95. The van der Waals surface area contributed by atoms with Gasteiger partial charge in [0.2, 0.25) is 11.8 Å². The van der Waals surface area contributed by atoms with Crippen LogP contribution >= 0.6 is 0 Å². The highest BCUT2D eigenvalue weighted by molar-refractivity contribution is 5.98. The predicted molar refractivity (Wildman–Crippen MR) is 131 cm³/mol. The second-order valence-electron chi connectivity index (χ2n) is 9.71. The zero-order valence-electron chi connectivity index (χ0n) is 21.3. The summed E-state index contributed by atoms with van der Waals surface area (Å²) in [6.07, 6.45) is 1.95. The van der Waals surface area contributed by atoms with E-state index in [1.54, 1.807) is 6.92 Å². The first-order chi connectivity index (χ1) is 17.0. The average molecular weight is 499 g/mol. The first-order valence-electron chi connectivity index (χ1n) is 12.0. The van der Waals surface area contributed by atoms with E-state index in [1.165, 1.54) is 20.1 Å². The van der Waals surface area contributed by atoms with Crippen molar-refractivity contribution in [2.75, 3.05) is 13.7 Å². The number of aromatic nitrogens is 1. The standard InChI is InChI=1S/C26H34N4O6/c1-15-6-8-18(9-7-15)13-19(22(31)26(4)10-11-26)28-23(32)17(3)27-25(34)21(14-35-5)29-24(33)20-12-16(2)36-30-20/h6-9,12,17,19,21H,10-11,13-14H2,1-5H3,(H,27,34)(H,28,32)(H,29,33)/t17-,19-,21-/m0/s1. The van der Waals surface area contributed by atoms with E-state index in [0.717, 1.165) is 24.0 Å². The number of carbonyl (C=O) groups excluding carboxylic acids is 4. The molecular formula is C26H34N4O6. The Morgan fingerprint density at radius 3 is 2.25 bits per heavy atom. The Bertz CT molecular complexity index is 1110. The minimum absolute atomic E-state index is 0.0117. The van der Waals surface area contributed by atoms with Crippen LogP contribution in [0.2, 0.25) is 0 Å². The summed E-state index contributed by atoms with van der Waals surface area (Å²) in [6.45, 7) is 6.94. The first kappa shape index (κ1) is 27.1. The van der Waals surface area contributed by atoms with Gasteiger partial charge in [-0.3, -0.25) is 19.2 Å². The lowest BCUT2D eigenvalue weighted by molar-refractivity contribution is -0.133. The fraction of sp³-hybridized carbons (Fsp3) is 0.500. The normalized spacial score (nSPS) is 16.4. The summed E-state index contributed by atoms with van der Waals surface area (Å²) in [6, 6.07) is 6.52. The number of ether oxygens (including phenoxy) is 1. The Morgan fingerprint density at radius 1 is 1.03 bits per heavy atom. The number of hydrogen-bond acceptors (Lipinski definition) is 7. The molecule has 0 bridgehead atoms. The molecule has 0 radical (unpaired) electrons. The quantitative estimate of drug-likeness (QED) is 0.404. The van der Waals surface area contributed by atoms with Gasteiger partial charge in [0.05, 0.1) is 12.6 Å². The van der Waals surface area contributed by atoms with Gasteiger partial charge in [-0.25, -0.2) is 0 Å².